The highest BCUT2D eigenvalue weighted by atomic mass is 16.5. The van der Waals surface area contributed by atoms with E-state index in [0.29, 0.717) is 0 Å². The van der Waals surface area contributed by atoms with Gasteiger partial charge in [-0.3, -0.25) is 0 Å². The van der Waals surface area contributed by atoms with Crippen LogP contribution in [0, 0.1) is 13.8 Å². The molecular weight excluding hydrogens is 160 g/mol. The van der Waals surface area contributed by atoms with Crippen LogP contribution in [0.1, 0.15) is 36.1 Å². The normalized spacial score (nSPS) is 18.8. The van der Waals surface area contributed by atoms with E-state index in [1.165, 1.54) is 22.3 Å². The van der Waals surface area contributed by atoms with E-state index < -0.39 is 0 Å². The third kappa shape index (κ3) is 1.28. The summed E-state index contributed by atoms with van der Waals surface area (Å²) < 4.78 is 5.72. The lowest BCUT2D eigenvalue weighted by atomic mass is 9.92. The van der Waals surface area contributed by atoms with Crippen LogP contribution in [0.4, 0.5) is 0 Å². The van der Waals surface area contributed by atoms with Gasteiger partial charge in [-0.15, -0.1) is 0 Å². The van der Waals surface area contributed by atoms with Crippen molar-refractivity contribution in [3.05, 3.63) is 34.4 Å². The molecule has 0 radical (unpaired) electrons. The Balaban J connectivity index is 2.61. The standard InChI is InChI=1S/C12H16O/c1-8-5-10-7-13-12(3,4)11(10)6-9(8)2/h5-6H,7H2,1-4H3. The summed E-state index contributed by atoms with van der Waals surface area (Å²) in [6.07, 6.45) is 0. The summed E-state index contributed by atoms with van der Waals surface area (Å²) in [6.45, 7) is 9.34. The number of benzene rings is 1. The van der Waals surface area contributed by atoms with Gasteiger partial charge in [0.05, 0.1) is 12.2 Å². The highest BCUT2D eigenvalue weighted by Gasteiger charge is 2.30. The molecule has 0 aromatic heterocycles. The van der Waals surface area contributed by atoms with Crippen molar-refractivity contribution < 1.29 is 4.74 Å². The van der Waals surface area contributed by atoms with Crippen LogP contribution in [0.5, 0.6) is 0 Å². The Bertz CT molecular complexity index is 350. The first-order valence-electron chi connectivity index (χ1n) is 4.75. The second kappa shape index (κ2) is 2.58. The fraction of sp³-hybridized carbons (Fsp3) is 0.500. The average Bonchev–Trinajstić information content (AvgIpc) is 2.31. The lowest BCUT2D eigenvalue weighted by molar-refractivity contribution is -0.00791. The third-order valence-electron chi connectivity index (χ3n) is 2.96. The van der Waals surface area contributed by atoms with Crippen molar-refractivity contribution >= 4 is 0 Å². The Morgan fingerprint density at radius 1 is 1.15 bits per heavy atom. The second-order valence-corrected chi connectivity index (χ2v) is 4.39. The van der Waals surface area contributed by atoms with E-state index in [2.05, 4.69) is 39.8 Å². The topological polar surface area (TPSA) is 9.23 Å². The molecule has 1 heteroatoms. The quantitative estimate of drug-likeness (QED) is 0.590. The first-order chi connectivity index (χ1) is 6.00. The van der Waals surface area contributed by atoms with Gasteiger partial charge in [-0.2, -0.15) is 0 Å². The molecule has 0 unspecified atom stereocenters. The fourth-order valence-corrected chi connectivity index (χ4v) is 1.89. The van der Waals surface area contributed by atoms with Crippen molar-refractivity contribution in [3.8, 4) is 0 Å². The first-order valence-corrected chi connectivity index (χ1v) is 4.75. The number of aryl methyl sites for hydroxylation is 2. The molecule has 70 valence electrons. The predicted octanol–water partition coefficient (Wildman–Crippen LogP) is 3.07. The Hall–Kier alpha value is -0.820. The van der Waals surface area contributed by atoms with Crippen molar-refractivity contribution in [2.45, 2.75) is 39.9 Å². The van der Waals surface area contributed by atoms with Crippen LogP contribution in [-0.4, -0.2) is 0 Å². The zero-order valence-corrected chi connectivity index (χ0v) is 8.77. The molecule has 0 saturated heterocycles. The van der Waals surface area contributed by atoms with Gasteiger partial charge < -0.3 is 4.74 Å². The highest BCUT2D eigenvalue weighted by molar-refractivity contribution is 5.41. The van der Waals surface area contributed by atoms with Crippen molar-refractivity contribution in [2.75, 3.05) is 0 Å². The summed E-state index contributed by atoms with van der Waals surface area (Å²) in [5.41, 5.74) is 5.34. The van der Waals surface area contributed by atoms with Crippen molar-refractivity contribution in [1.82, 2.24) is 0 Å². The molecule has 13 heavy (non-hydrogen) atoms. The molecule has 1 heterocycles. The van der Waals surface area contributed by atoms with Gasteiger partial charge in [0.15, 0.2) is 0 Å². The molecule has 0 amide bonds. The molecule has 0 atom stereocenters. The minimum Gasteiger partial charge on any atom is -0.366 e. The van der Waals surface area contributed by atoms with E-state index in [1.54, 1.807) is 0 Å². The summed E-state index contributed by atoms with van der Waals surface area (Å²) in [4.78, 5) is 0. The minimum absolute atomic E-state index is 0.0895. The van der Waals surface area contributed by atoms with Crippen LogP contribution < -0.4 is 0 Å². The van der Waals surface area contributed by atoms with Crippen LogP contribution in [0.25, 0.3) is 0 Å². The van der Waals surface area contributed by atoms with Gasteiger partial charge in [0.1, 0.15) is 0 Å². The van der Waals surface area contributed by atoms with E-state index in [9.17, 15) is 0 Å². The molecular formula is C12H16O. The molecule has 1 nitrogen and oxygen atoms in total. The minimum atomic E-state index is -0.0895. The van der Waals surface area contributed by atoms with Crippen LogP contribution >= 0.6 is 0 Å². The maximum absolute atomic E-state index is 5.72. The third-order valence-corrected chi connectivity index (χ3v) is 2.96. The maximum Gasteiger partial charge on any atom is 0.0883 e. The molecule has 1 aliphatic rings. The lowest BCUT2D eigenvalue weighted by Gasteiger charge is -2.18. The summed E-state index contributed by atoms with van der Waals surface area (Å²) in [7, 11) is 0. The SMILES string of the molecule is Cc1cc2c(cc1C)C(C)(C)OC2. The van der Waals surface area contributed by atoms with Gasteiger partial charge in [-0.05, 0) is 49.9 Å². The predicted molar refractivity (Wildman–Crippen MR) is 53.7 cm³/mol. The Morgan fingerprint density at radius 2 is 1.77 bits per heavy atom. The van der Waals surface area contributed by atoms with E-state index in [1.807, 2.05) is 0 Å². The van der Waals surface area contributed by atoms with Crippen LogP contribution in [0.2, 0.25) is 0 Å². The zero-order chi connectivity index (χ0) is 9.64. The monoisotopic (exact) mass is 176 g/mol. The summed E-state index contributed by atoms with van der Waals surface area (Å²) >= 11 is 0. The Labute approximate surface area is 79.7 Å². The number of hydrogen-bond donors (Lipinski definition) is 0. The van der Waals surface area contributed by atoms with Gasteiger partial charge in [0.2, 0.25) is 0 Å². The highest BCUT2D eigenvalue weighted by Crippen LogP contribution is 2.36. The van der Waals surface area contributed by atoms with Gasteiger partial charge in [-0.25, -0.2) is 0 Å². The molecule has 1 aromatic carbocycles. The van der Waals surface area contributed by atoms with Crippen LogP contribution in [-0.2, 0) is 16.9 Å². The van der Waals surface area contributed by atoms with E-state index >= 15 is 0 Å². The van der Waals surface area contributed by atoms with Gasteiger partial charge >= 0.3 is 0 Å². The van der Waals surface area contributed by atoms with Crippen LogP contribution in [0.15, 0.2) is 12.1 Å². The Morgan fingerprint density at radius 3 is 2.46 bits per heavy atom. The molecule has 0 spiro atoms. The van der Waals surface area contributed by atoms with Crippen molar-refractivity contribution in [1.29, 1.82) is 0 Å². The fourth-order valence-electron chi connectivity index (χ4n) is 1.89. The van der Waals surface area contributed by atoms with E-state index in [4.69, 9.17) is 4.74 Å². The molecule has 1 aromatic rings. The number of hydrogen-bond acceptors (Lipinski definition) is 1. The molecule has 1 aliphatic heterocycles. The van der Waals surface area contributed by atoms with E-state index in [0.717, 1.165) is 6.61 Å². The largest absolute Gasteiger partial charge is 0.366 e. The number of ether oxygens (including phenoxy) is 1. The zero-order valence-electron chi connectivity index (χ0n) is 8.77. The molecule has 0 bridgehead atoms. The van der Waals surface area contributed by atoms with Crippen LogP contribution in [0.3, 0.4) is 0 Å². The number of fused-ring (bicyclic) bond motifs is 1. The van der Waals surface area contributed by atoms with Crippen molar-refractivity contribution in [3.63, 3.8) is 0 Å². The van der Waals surface area contributed by atoms with E-state index in [-0.39, 0.29) is 5.60 Å². The smallest absolute Gasteiger partial charge is 0.0883 e. The van der Waals surface area contributed by atoms with Gasteiger partial charge in [0, 0.05) is 0 Å². The first kappa shape index (κ1) is 8.76. The molecule has 0 fully saturated rings. The maximum atomic E-state index is 5.72. The Kier molecular flexibility index (Phi) is 1.74. The summed E-state index contributed by atoms with van der Waals surface area (Å²) in [5, 5.41) is 0. The lowest BCUT2D eigenvalue weighted by Crippen LogP contribution is -2.14. The van der Waals surface area contributed by atoms with Crippen molar-refractivity contribution in [2.24, 2.45) is 0 Å². The summed E-state index contributed by atoms with van der Waals surface area (Å²) in [5.74, 6) is 0. The average molecular weight is 176 g/mol. The molecule has 0 aliphatic carbocycles. The van der Waals surface area contributed by atoms with Gasteiger partial charge in [0.25, 0.3) is 0 Å². The number of rotatable bonds is 0. The van der Waals surface area contributed by atoms with Gasteiger partial charge in [-0.1, -0.05) is 12.1 Å². The second-order valence-electron chi connectivity index (χ2n) is 4.39. The molecule has 2 rings (SSSR count). The molecule has 0 N–H and O–H groups in total. The summed E-state index contributed by atoms with van der Waals surface area (Å²) in [6, 6.07) is 4.51. The molecule has 0 saturated carbocycles.